The van der Waals surface area contributed by atoms with Crippen molar-refractivity contribution in [3.8, 4) is 0 Å². The minimum Gasteiger partial charge on any atom is -0.368 e. The maximum atomic E-state index is 11.7. The quantitative estimate of drug-likeness (QED) is 0.710. The Morgan fingerprint density at radius 1 is 1.37 bits per heavy atom. The molecule has 2 aromatic rings. The van der Waals surface area contributed by atoms with Crippen LogP contribution in [0.5, 0.6) is 0 Å². The number of aldehydes is 1. The molecule has 2 atom stereocenters. The van der Waals surface area contributed by atoms with E-state index in [0.29, 0.717) is 22.3 Å². The smallest absolute Gasteiger partial charge is 0.221 e. The van der Waals surface area contributed by atoms with Crippen molar-refractivity contribution in [3.63, 3.8) is 0 Å². The van der Waals surface area contributed by atoms with Crippen LogP contribution in [-0.4, -0.2) is 53.5 Å². The van der Waals surface area contributed by atoms with Gasteiger partial charge in [0.1, 0.15) is 12.0 Å². The predicted molar refractivity (Wildman–Crippen MR) is 109 cm³/mol. The lowest BCUT2D eigenvalue weighted by Gasteiger charge is -2.40. The fourth-order valence-corrected chi connectivity index (χ4v) is 3.84. The molecule has 1 aromatic carbocycles. The first-order valence-corrected chi connectivity index (χ1v) is 9.45. The highest BCUT2D eigenvalue weighted by atomic mass is 35.5. The second kappa shape index (κ2) is 8.73. The van der Waals surface area contributed by atoms with Gasteiger partial charge in [-0.1, -0.05) is 23.2 Å². The minimum absolute atomic E-state index is 0.209. The number of hydrogen-bond acceptors (Lipinski definition) is 7. The summed E-state index contributed by atoms with van der Waals surface area (Å²) in [5.74, 6) is 1.02. The van der Waals surface area contributed by atoms with Crippen molar-refractivity contribution in [1.29, 1.82) is 0 Å². The maximum absolute atomic E-state index is 11.7. The Kier molecular flexibility index (Phi) is 6.36. The van der Waals surface area contributed by atoms with Crippen LogP contribution in [0.15, 0.2) is 30.5 Å². The van der Waals surface area contributed by atoms with Gasteiger partial charge in [0, 0.05) is 48.1 Å². The van der Waals surface area contributed by atoms with Crippen molar-refractivity contribution in [2.75, 3.05) is 36.1 Å². The van der Waals surface area contributed by atoms with Crippen LogP contribution in [0, 0.1) is 0 Å². The zero-order valence-corrected chi connectivity index (χ0v) is 16.5. The van der Waals surface area contributed by atoms with Crippen molar-refractivity contribution in [1.82, 2.24) is 14.9 Å². The third kappa shape index (κ3) is 5.00. The van der Waals surface area contributed by atoms with Crippen LogP contribution < -0.4 is 16.0 Å². The van der Waals surface area contributed by atoms with E-state index in [-0.39, 0.29) is 12.0 Å². The van der Waals surface area contributed by atoms with Crippen LogP contribution in [-0.2, 0) is 4.79 Å². The van der Waals surface area contributed by atoms with Crippen LogP contribution in [0.3, 0.4) is 0 Å². The topological polar surface area (TPSA) is 87.4 Å². The Morgan fingerprint density at radius 2 is 2.11 bits per heavy atom. The summed E-state index contributed by atoms with van der Waals surface area (Å²) < 4.78 is 0. The number of halogens is 2. The fourth-order valence-electron chi connectivity index (χ4n) is 3.32. The summed E-state index contributed by atoms with van der Waals surface area (Å²) in [6.07, 6.45) is 4.06. The molecular formula is C18H22Cl2N6O. The van der Waals surface area contributed by atoms with Gasteiger partial charge in [0.25, 0.3) is 0 Å². The van der Waals surface area contributed by atoms with E-state index in [4.69, 9.17) is 28.9 Å². The first kappa shape index (κ1) is 19.7. The molecule has 144 valence electrons. The number of carbonyl (C=O) groups is 1. The average Bonchev–Trinajstić information content (AvgIpc) is 2.65. The third-order valence-corrected chi connectivity index (χ3v) is 5.13. The molecule has 27 heavy (non-hydrogen) atoms. The number of nitrogens with one attached hydrogen (secondary N) is 1. The monoisotopic (exact) mass is 408 g/mol. The molecule has 7 nitrogen and oxygen atoms in total. The Bertz CT molecular complexity index is 785. The number of nitrogens with two attached hydrogens (primary N) is 1. The summed E-state index contributed by atoms with van der Waals surface area (Å²) in [5.41, 5.74) is 6.41. The zero-order valence-electron chi connectivity index (χ0n) is 15.0. The van der Waals surface area contributed by atoms with Crippen molar-refractivity contribution in [2.24, 2.45) is 0 Å². The fraction of sp³-hybridized carbons (Fsp3) is 0.389. The molecular weight excluding hydrogens is 387 g/mol. The van der Waals surface area contributed by atoms with Crippen LogP contribution in [0.2, 0.25) is 10.0 Å². The standard InChI is InChI=1S/C18H22Cl2N6O/c1-25(16-4-5-22-18(21)24-16)15-3-2-6-26(10-15)17(11-27)23-14-8-12(19)7-13(20)9-14/h4-5,7-9,11,15,17,23H,2-3,6,10H2,1H3,(H2,21,22,24)/t15-,17?/m0/s1. The third-order valence-electron chi connectivity index (χ3n) is 4.70. The minimum atomic E-state index is -0.466. The molecule has 2 heterocycles. The van der Waals surface area contributed by atoms with Gasteiger partial charge in [-0.05, 0) is 37.1 Å². The van der Waals surface area contributed by atoms with Gasteiger partial charge >= 0.3 is 0 Å². The van der Waals surface area contributed by atoms with Gasteiger partial charge in [-0.15, -0.1) is 0 Å². The van der Waals surface area contributed by atoms with E-state index in [9.17, 15) is 4.79 Å². The average molecular weight is 409 g/mol. The number of anilines is 3. The van der Waals surface area contributed by atoms with Gasteiger partial charge in [0.2, 0.25) is 5.95 Å². The molecule has 3 rings (SSSR count). The number of likely N-dealkylation sites (tertiary alicyclic amines) is 1. The first-order chi connectivity index (χ1) is 13.0. The zero-order chi connectivity index (χ0) is 19.4. The molecule has 1 aromatic heterocycles. The first-order valence-electron chi connectivity index (χ1n) is 8.69. The van der Waals surface area contributed by atoms with Gasteiger partial charge in [-0.25, -0.2) is 4.98 Å². The summed E-state index contributed by atoms with van der Waals surface area (Å²) in [6, 6.07) is 7.20. The van der Waals surface area contributed by atoms with Crippen LogP contribution >= 0.6 is 23.2 Å². The molecule has 1 saturated heterocycles. The normalized spacial score (nSPS) is 18.7. The van der Waals surface area contributed by atoms with Gasteiger partial charge in [0.15, 0.2) is 6.29 Å². The molecule has 1 aliphatic heterocycles. The van der Waals surface area contributed by atoms with Gasteiger partial charge in [0.05, 0.1) is 0 Å². The van der Waals surface area contributed by atoms with Crippen LogP contribution in [0.25, 0.3) is 0 Å². The van der Waals surface area contributed by atoms with Crippen molar-refractivity contribution < 1.29 is 4.79 Å². The molecule has 3 N–H and O–H groups in total. The van der Waals surface area contributed by atoms with Crippen molar-refractivity contribution in [3.05, 3.63) is 40.5 Å². The predicted octanol–water partition coefficient (Wildman–Crippen LogP) is 2.90. The summed E-state index contributed by atoms with van der Waals surface area (Å²) >= 11 is 12.1. The number of benzene rings is 1. The summed E-state index contributed by atoms with van der Waals surface area (Å²) in [5, 5.41) is 4.25. The Balaban J connectivity index is 1.70. The molecule has 0 saturated carbocycles. The van der Waals surface area contributed by atoms with Crippen LogP contribution in [0.4, 0.5) is 17.5 Å². The number of nitrogen functional groups attached to an aromatic ring is 1. The Labute approximate surface area is 168 Å². The molecule has 0 radical (unpaired) electrons. The van der Waals surface area contributed by atoms with Crippen molar-refractivity contribution in [2.45, 2.75) is 25.0 Å². The molecule has 0 bridgehead atoms. The second-order valence-corrected chi connectivity index (χ2v) is 7.43. The highest BCUT2D eigenvalue weighted by Crippen LogP contribution is 2.25. The summed E-state index contributed by atoms with van der Waals surface area (Å²) in [7, 11) is 1.98. The lowest BCUT2D eigenvalue weighted by molar-refractivity contribution is -0.112. The highest BCUT2D eigenvalue weighted by Gasteiger charge is 2.28. The number of hydrogen-bond donors (Lipinski definition) is 2. The number of carbonyl (C=O) groups excluding carboxylic acids is 1. The summed E-state index contributed by atoms with van der Waals surface area (Å²) in [4.78, 5) is 24.2. The number of likely N-dealkylation sites (N-methyl/N-ethyl adjacent to an activating group) is 1. The largest absolute Gasteiger partial charge is 0.368 e. The molecule has 1 fully saturated rings. The van der Waals surface area contributed by atoms with E-state index in [1.54, 1.807) is 24.4 Å². The highest BCUT2D eigenvalue weighted by molar-refractivity contribution is 6.35. The number of rotatable bonds is 6. The molecule has 0 amide bonds. The van der Waals surface area contributed by atoms with E-state index in [0.717, 1.165) is 31.5 Å². The number of piperidine rings is 1. The summed E-state index contributed by atoms with van der Waals surface area (Å²) in [6.45, 7) is 1.53. The Hall–Kier alpha value is -2.09. The van der Waals surface area contributed by atoms with E-state index >= 15 is 0 Å². The number of aromatic nitrogens is 2. The lowest BCUT2D eigenvalue weighted by atomic mass is 10.0. The number of nitrogens with zero attached hydrogens (tertiary/aromatic N) is 4. The second-order valence-electron chi connectivity index (χ2n) is 6.56. The molecule has 9 heteroatoms. The molecule has 0 spiro atoms. The van der Waals surface area contributed by atoms with Gasteiger partial charge < -0.3 is 16.0 Å². The SMILES string of the molecule is CN(c1ccnc(N)n1)[C@H]1CCCN(C(C=O)Nc2cc(Cl)cc(Cl)c2)C1. The van der Waals surface area contributed by atoms with Gasteiger partial charge in [-0.3, -0.25) is 9.69 Å². The van der Waals surface area contributed by atoms with Gasteiger partial charge in [-0.2, -0.15) is 4.98 Å². The van der Waals surface area contributed by atoms with E-state index in [2.05, 4.69) is 25.1 Å². The lowest BCUT2D eigenvalue weighted by Crippen LogP contribution is -2.53. The molecule has 1 aliphatic rings. The molecule has 0 aliphatic carbocycles. The van der Waals surface area contributed by atoms with E-state index in [1.165, 1.54) is 0 Å². The maximum Gasteiger partial charge on any atom is 0.221 e. The van der Waals surface area contributed by atoms with E-state index in [1.807, 2.05) is 13.1 Å². The Morgan fingerprint density at radius 3 is 2.78 bits per heavy atom. The van der Waals surface area contributed by atoms with E-state index < -0.39 is 6.17 Å². The molecule has 1 unspecified atom stereocenters. The van der Waals surface area contributed by atoms with Crippen LogP contribution in [0.1, 0.15) is 12.8 Å². The van der Waals surface area contributed by atoms with Crippen molar-refractivity contribution >= 4 is 46.9 Å².